The first kappa shape index (κ1) is 29.0. The number of anilines is 2. The van der Waals surface area contributed by atoms with Crippen molar-refractivity contribution in [3.05, 3.63) is 95.6 Å². The SMILES string of the molecule is Cc1cccnc1N1Cc2cccc(NC(=O)C3CC(F)CN3C(=O)Cn3nc(C(N)=O)c4cc(-c5ccnnc5)ccc43)c2C1. The number of alkyl halides is 1. The van der Waals surface area contributed by atoms with Gasteiger partial charge in [-0.2, -0.15) is 15.3 Å². The van der Waals surface area contributed by atoms with Crippen molar-refractivity contribution in [1.82, 2.24) is 29.9 Å². The molecular weight excluding hydrogens is 589 g/mol. The summed E-state index contributed by atoms with van der Waals surface area (Å²) in [5.41, 5.74) is 11.4. The van der Waals surface area contributed by atoms with E-state index in [-0.39, 0.29) is 25.2 Å². The number of likely N-dealkylation sites (tertiary alicyclic amines) is 1. The molecule has 1 saturated heterocycles. The molecule has 13 heteroatoms. The van der Waals surface area contributed by atoms with E-state index in [4.69, 9.17) is 5.73 Å². The van der Waals surface area contributed by atoms with Crippen LogP contribution in [0.1, 0.15) is 33.6 Å². The van der Waals surface area contributed by atoms with Gasteiger partial charge < -0.3 is 20.9 Å². The van der Waals surface area contributed by atoms with Crippen LogP contribution in [0, 0.1) is 6.92 Å². The maximum absolute atomic E-state index is 14.8. The van der Waals surface area contributed by atoms with Gasteiger partial charge in [0.05, 0.1) is 24.5 Å². The van der Waals surface area contributed by atoms with Crippen molar-refractivity contribution in [3.8, 4) is 11.1 Å². The van der Waals surface area contributed by atoms with Crippen LogP contribution in [0.15, 0.2) is 73.2 Å². The van der Waals surface area contributed by atoms with Gasteiger partial charge in [-0.1, -0.05) is 24.3 Å². The number of halogens is 1. The highest BCUT2D eigenvalue weighted by Gasteiger charge is 2.40. The molecule has 1 fully saturated rings. The van der Waals surface area contributed by atoms with Crippen molar-refractivity contribution >= 4 is 40.1 Å². The van der Waals surface area contributed by atoms with Crippen molar-refractivity contribution in [2.24, 2.45) is 5.73 Å². The summed E-state index contributed by atoms with van der Waals surface area (Å²) in [6.45, 7) is 2.67. The Labute approximate surface area is 263 Å². The zero-order valence-corrected chi connectivity index (χ0v) is 24.9. The Morgan fingerprint density at radius 1 is 1.02 bits per heavy atom. The number of nitrogens with zero attached hydrogens (tertiary/aromatic N) is 7. The number of carbonyl (C=O) groups is 3. The van der Waals surface area contributed by atoms with Crippen LogP contribution in [0.2, 0.25) is 0 Å². The molecule has 2 aliphatic heterocycles. The van der Waals surface area contributed by atoms with Crippen molar-refractivity contribution in [3.63, 3.8) is 0 Å². The number of nitrogens with one attached hydrogen (secondary N) is 1. The van der Waals surface area contributed by atoms with Crippen molar-refractivity contribution < 1.29 is 18.8 Å². The highest BCUT2D eigenvalue weighted by atomic mass is 19.1. The van der Waals surface area contributed by atoms with Crippen LogP contribution in [-0.2, 0) is 29.2 Å². The molecule has 0 bridgehead atoms. The second kappa shape index (κ2) is 11.7. The molecule has 2 aliphatic rings. The molecule has 2 atom stereocenters. The Kier molecular flexibility index (Phi) is 7.35. The average molecular weight is 620 g/mol. The molecule has 2 unspecified atom stereocenters. The molecule has 3 amide bonds. The third-order valence-electron chi connectivity index (χ3n) is 8.58. The lowest BCUT2D eigenvalue weighted by molar-refractivity contribution is -0.137. The van der Waals surface area contributed by atoms with E-state index in [2.05, 4.69) is 30.5 Å². The Bertz CT molecular complexity index is 2000. The number of hydrogen-bond donors (Lipinski definition) is 2. The van der Waals surface area contributed by atoms with Gasteiger partial charge in [0.1, 0.15) is 24.6 Å². The predicted octanol–water partition coefficient (Wildman–Crippen LogP) is 3.39. The van der Waals surface area contributed by atoms with Crippen LogP contribution in [0.3, 0.4) is 0 Å². The van der Waals surface area contributed by atoms with E-state index in [1.807, 2.05) is 43.3 Å². The Hall–Kier alpha value is -5.72. The second-order valence-electron chi connectivity index (χ2n) is 11.6. The lowest BCUT2D eigenvalue weighted by atomic mass is 10.0. The highest BCUT2D eigenvalue weighted by Crippen LogP contribution is 2.34. The fraction of sp³-hybridized carbons (Fsp3) is 0.242. The largest absolute Gasteiger partial charge is 0.364 e. The lowest BCUT2D eigenvalue weighted by Crippen LogP contribution is -2.44. The Balaban J connectivity index is 1.11. The molecule has 232 valence electrons. The molecular formula is C33H30FN9O3. The number of amides is 3. The van der Waals surface area contributed by atoms with Crippen molar-refractivity contribution in [2.75, 3.05) is 16.8 Å². The summed E-state index contributed by atoms with van der Waals surface area (Å²) in [7, 11) is 0. The summed E-state index contributed by atoms with van der Waals surface area (Å²) >= 11 is 0. The Morgan fingerprint density at radius 2 is 1.89 bits per heavy atom. The van der Waals surface area contributed by atoms with Gasteiger partial charge >= 0.3 is 0 Å². The minimum atomic E-state index is -1.36. The molecule has 5 heterocycles. The number of pyridine rings is 1. The zero-order valence-electron chi connectivity index (χ0n) is 24.9. The number of rotatable bonds is 7. The van der Waals surface area contributed by atoms with Gasteiger partial charge in [-0.15, -0.1) is 0 Å². The standard InChI is InChI=1S/C33H30FN9O3/c1-19-4-3-10-36-32(19)41-15-22-5-2-6-26(25(22)17-41)39-33(46)28-13-23(34)16-42(28)29(44)18-43-27-8-7-20(21-9-11-37-38-14-21)12-24(27)30(40-43)31(35)45/h2-12,14,23,28H,13,15-18H2,1H3,(H2,35,45)(H,39,46). The van der Waals surface area contributed by atoms with E-state index in [1.165, 1.54) is 9.58 Å². The molecule has 0 aliphatic carbocycles. The van der Waals surface area contributed by atoms with Gasteiger partial charge in [0.25, 0.3) is 5.91 Å². The summed E-state index contributed by atoms with van der Waals surface area (Å²) in [6.07, 6.45) is 3.41. The molecule has 5 aromatic rings. The number of aryl methyl sites for hydroxylation is 1. The third kappa shape index (κ3) is 5.29. The minimum Gasteiger partial charge on any atom is -0.364 e. The minimum absolute atomic E-state index is 0.00128. The summed E-state index contributed by atoms with van der Waals surface area (Å²) in [5, 5.41) is 15.4. The highest BCUT2D eigenvalue weighted by molar-refractivity contribution is 6.05. The van der Waals surface area contributed by atoms with Crippen molar-refractivity contribution in [2.45, 2.75) is 45.2 Å². The molecule has 3 aromatic heterocycles. The van der Waals surface area contributed by atoms with E-state index in [0.717, 1.165) is 33.6 Å². The van der Waals surface area contributed by atoms with E-state index >= 15 is 0 Å². The van der Waals surface area contributed by atoms with E-state index in [1.54, 1.807) is 36.8 Å². The monoisotopic (exact) mass is 619 g/mol. The first-order valence-electron chi connectivity index (χ1n) is 14.9. The maximum atomic E-state index is 14.8. The van der Waals surface area contributed by atoms with Crippen LogP contribution in [0.4, 0.5) is 15.9 Å². The number of carbonyl (C=O) groups excluding carboxylic acids is 3. The van der Waals surface area contributed by atoms with Gasteiger partial charge in [0.2, 0.25) is 11.8 Å². The lowest BCUT2D eigenvalue weighted by Gasteiger charge is -2.24. The summed E-state index contributed by atoms with van der Waals surface area (Å²) in [4.78, 5) is 47.5. The number of aromatic nitrogens is 5. The van der Waals surface area contributed by atoms with Gasteiger partial charge in [-0.05, 0) is 59.5 Å². The van der Waals surface area contributed by atoms with E-state index in [0.29, 0.717) is 29.7 Å². The summed E-state index contributed by atoms with van der Waals surface area (Å²) in [5.74, 6) is -0.845. The molecule has 7 rings (SSSR count). The van der Waals surface area contributed by atoms with E-state index < -0.39 is 29.9 Å². The van der Waals surface area contributed by atoms with Crippen LogP contribution in [0.25, 0.3) is 22.0 Å². The topological polar surface area (TPSA) is 152 Å². The number of benzene rings is 2. The average Bonchev–Trinajstić information content (AvgIpc) is 3.77. The van der Waals surface area contributed by atoms with Gasteiger partial charge in [-0.3, -0.25) is 19.1 Å². The fourth-order valence-electron chi connectivity index (χ4n) is 6.36. The summed E-state index contributed by atoms with van der Waals surface area (Å²) in [6, 6.07) is 15.6. The normalized spacial score (nSPS) is 17.3. The van der Waals surface area contributed by atoms with Crippen LogP contribution in [-0.4, -0.2) is 66.3 Å². The first-order valence-corrected chi connectivity index (χ1v) is 14.9. The molecule has 3 N–H and O–H groups in total. The van der Waals surface area contributed by atoms with E-state index in [9.17, 15) is 18.8 Å². The number of fused-ring (bicyclic) bond motifs is 2. The second-order valence-corrected chi connectivity index (χ2v) is 11.6. The number of hydrogen-bond acceptors (Lipinski definition) is 8. The predicted molar refractivity (Wildman–Crippen MR) is 168 cm³/mol. The fourth-order valence-corrected chi connectivity index (χ4v) is 6.36. The number of nitrogens with two attached hydrogens (primary N) is 1. The maximum Gasteiger partial charge on any atom is 0.269 e. The molecule has 46 heavy (non-hydrogen) atoms. The van der Waals surface area contributed by atoms with Gasteiger partial charge in [0.15, 0.2) is 5.69 Å². The Morgan fingerprint density at radius 3 is 2.67 bits per heavy atom. The zero-order chi connectivity index (χ0) is 31.9. The molecule has 2 aromatic carbocycles. The van der Waals surface area contributed by atoms with Crippen LogP contribution < -0.4 is 16.0 Å². The quantitative estimate of drug-likeness (QED) is 0.281. The molecule has 0 saturated carbocycles. The number of primary amides is 1. The molecule has 12 nitrogen and oxygen atoms in total. The van der Waals surface area contributed by atoms with Crippen molar-refractivity contribution in [1.29, 1.82) is 0 Å². The van der Waals surface area contributed by atoms with Crippen LogP contribution >= 0.6 is 0 Å². The first-order chi connectivity index (χ1) is 22.3. The van der Waals surface area contributed by atoms with Gasteiger partial charge in [0, 0.05) is 42.3 Å². The third-order valence-corrected chi connectivity index (χ3v) is 8.58. The molecule has 0 spiro atoms. The smallest absolute Gasteiger partial charge is 0.269 e. The molecule has 0 radical (unpaired) electrons. The van der Waals surface area contributed by atoms with Gasteiger partial charge in [-0.25, -0.2) is 9.37 Å². The summed E-state index contributed by atoms with van der Waals surface area (Å²) < 4.78 is 16.2. The van der Waals surface area contributed by atoms with Crippen LogP contribution in [0.5, 0.6) is 0 Å².